The Kier molecular flexibility index (Phi) is 7.19. The van der Waals surface area contributed by atoms with Gasteiger partial charge in [-0.2, -0.15) is 5.10 Å². The molecule has 2 rings (SSSR count). The highest BCUT2D eigenvalue weighted by atomic mass is 16.5. The number of nitrogens with one attached hydrogen (secondary N) is 1. The number of hydrazone groups is 1. The van der Waals surface area contributed by atoms with Gasteiger partial charge in [0.15, 0.2) is 0 Å². The van der Waals surface area contributed by atoms with Crippen molar-refractivity contribution in [3.8, 4) is 0 Å². The molecule has 0 aromatic heterocycles. The van der Waals surface area contributed by atoms with Crippen molar-refractivity contribution in [2.45, 2.75) is 32.8 Å². The molecule has 0 aliphatic rings. The van der Waals surface area contributed by atoms with E-state index in [4.69, 9.17) is 4.74 Å². The summed E-state index contributed by atoms with van der Waals surface area (Å²) in [7, 11) is 0. The second-order valence-corrected chi connectivity index (χ2v) is 5.24. The highest BCUT2D eigenvalue weighted by Crippen LogP contribution is 2.07. The molecule has 0 fully saturated rings. The zero-order valence-electron chi connectivity index (χ0n) is 13.2. The van der Waals surface area contributed by atoms with Crippen molar-refractivity contribution in [2.75, 3.05) is 12.0 Å². The van der Waals surface area contributed by atoms with E-state index in [0.29, 0.717) is 6.61 Å². The Morgan fingerprint density at radius 3 is 2.73 bits per heavy atom. The number of ether oxygens (including phenoxy) is 1. The molecule has 116 valence electrons. The summed E-state index contributed by atoms with van der Waals surface area (Å²) in [6, 6.07) is 18.2. The Hall–Kier alpha value is -2.13. The SMILES string of the molecule is CCCCCOCc1cccc(C=NNc2ccccc2)c1. The molecule has 0 unspecified atom stereocenters. The summed E-state index contributed by atoms with van der Waals surface area (Å²) in [6.45, 7) is 3.70. The van der Waals surface area contributed by atoms with Gasteiger partial charge in [-0.25, -0.2) is 0 Å². The number of hydrogen-bond acceptors (Lipinski definition) is 3. The fraction of sp³-hybridized carbons (Fsp3) is 0.316. The predicted octanol–water partition coefficient (Wildman–Crippen LogP) is 4.84. The van der Waals surface area contributed by atoms with Crippen LogP contribution in [0.4, 0.5) is 5.69 Å². The molecule has 0 saturated heterocycles. The maximum absolute atomic E-state index is 5.69. The van der Waals surface area contributed by atoms with Crippen LogP contribution in [0.3, 0.4) is 0 Å². The van der Waals surface area contributed by atoms with E-state index in [2.05, 4.69) is 29.6 Å². The second-order valence-electron chi connectivity index (χ2n) is 5.24. The first-order valence-electron chi connectivity index (χ1n) is 7.89. The lowest BCUT2D eigenvalue weighted by Gasteiger charge is -2.05. The standard InChI is InChI=1S/C19H24N2O/c1-2-3-7-13-22-16-18-10-8-9-17(14-18)15-20-21-19-11-5-4-6-12-19/h4-6,8-12,14-15,21H,2-3,7,13,16H2,1H3. The van der Waals surface area contributed by atoms with Gasteiger partial charge in [-0.3, -0.25) is 5.43 Å². The van der Waals surface area contributed by atoms with Gasteiger partial charge in [0, 0.05) is 6.61 Å². The van der Waals surface area contributed by atoms with Crippen molar-refractivity contribution in [2.24, 2.45) is 5.10 Å². The van der Waals surface area contributed by atoms with Crippen LogP contribution in [0.2, 0.25) is 0 Å². The van der Waals surface area contributed by atoms with E-state index in [9.17, 15) is 0 Å². The predicted molar refractivity (Wildman–Crippen MR) is 93.3 cm³/mol. The fourth-order valence-corrected chi connectivity index (χ4v) is 2.10. The van der Waals surface area contributed by atoms with Crippen molar-refractivity contribution >= 4 is 11.9 Å². The quantitative estimate of drug-likeness (QED) is 0.408. The third-order valence-electron chi connectivity index (χ3n) is 3.29. The van der Waals surface area contributed by atoms with Crippen molar-refractivity contribution in [3.63, 3.8) is 0 Å². The third-order valence-corrected chi connectivity index (χ3v) is 3.29. The van der Waals surface area contributed by atoms with Gasteiger partial charge >= 0.3 is 0 Å². The van der Waals surface area contributed by atoms with Crippen LogP contribution in [0.5, 0.6) is 0 Å². The van der Waals surface area contributed by atoms with E-state index in [-0.39, 0.29) is 0 Å². The molecule has 0 aliphatic heterocycles. The van der Waals surface area contributed by atoms with Gasteiger partial charge in [-0.1, -0.05) is 56.2 Å². The van der Waals surface area contributed by atoms with Gasteiger partial charge in [0.25, 0.3) is 0 Å². The number of para-hydroxylation sites is 1. The van der Waals surface area contributed by atoms with E-state index in [1.165, 1.54) is 18.4 Å². The van der Waals surface area contributed by atoms with Crippen LogP contribution < -0.4 is 5.43 Å². The molecule has 3 nitrogen and oxygen atoms in total. The highest BCUT2D eigenvalue weighted by Gasteiger charge is 1.95. The smallest absolute Gasteiger partial charge is 0.0717 e. The van der Waals surface area contributed by atoms with Gasteiger partial charge in [-0.15, -0.1) is 0 Å². The maximum atomic E-state index is 5.69. The van der Waals surface area contributed by atoms with Crippen molar-refractivity contribution in [1.29, 1.82) is 0 Å². The average molecular weight is 296 g/mol. The molecular formula is C19H24N2O. The molecule has 0 aliphatic carbocycles. The molecule has 1 N–H and O–H groups in total. The van der Waals surface area contributed by atoms with Crippen LogP contribution in [0.15, 0.2) is 59.7 Å². The Morgan fingerprint density at radius 2 is 1.91 bits per heavy atom. The van der Waals surface area contributed by atoms with E-state index in [0.717, 1.165) is 24.3 Å². The van der Waals surface area contributed by atoms with Crippen molar-refractivity contribution in [3.05, 3.63) is 65.7 Å². The summed E-state index contributed by atoms with van der Waals surface area (Å²) >= 11 is 0. The first-order chi connectivity index (χ1) is 10.9. The lowest BCUT2D eigenvalue weighted by molar-refractivity contribution is 0.117. The Balaban J connectivity index is 1.80. The first kappa shape index (κ1) is 16.2. The molecule has 2 aromatic rings. The minimum Gasteiger partial charge on any atom is -0.377 e. The van der Waals surface area contributed by atoms with Gasteiger partial charge in [0.1, 0.15) is 0 Å². The van der Waals surface area contributed by atoms with Gasteiger partial charge in [0.2, 0.25) is 0 Å². The molecule has 0 amide bonds. The Morgan fingerprint density at radius 1 is 1.05 bits per heavy atom. The average Bonchev–Trinajstić information content (AvgIpc) is 2.56. The molecule has 0 atom stereocenters. The van der Waals surface area contributed by atoms with Crippen LogP contribution in [0.1, 0.15) is 37.3 Å². The van der Waals surface area contributed by atoms with E-state index >= 15 is 0 Å². The summed E-state index contributed by atoms with van der Waals surface area (Å²) in [5.74, 6) is 0. The van der Waals surface area contributed by atoms with Crippen LogP contribution in [-0.2, 0) is 11.3 Å². The van der Waals surface area contributed by atoms with E-state index in [1.807, 2.05) is 48.7 Å². The van der Waals surface area contributed by atoms with Gasteiger partial charge in [0.05, 0.1) is 18.5 Å². The minimum absolute atomic E-state index is 0.664. The number of unbranched alkanes of at least 4 members (excludes halogenated alkanes) is 2. The largest absolute Gasteiger partial charge is 0.377 e. The molecule has 0 bridgehead atoms. The monoisotopic (exact) mass is 296 g/mol. The molecule has 0 saturated carbocycles. The van der Waals surface area contributed by atoms with Crippen molar-refractivity contribution < 1.29 is 4.74 Å². The second kappa shape index (κ2) is 9.74. The maximum Gasteiger partial charge on any atom is 0.0717 e. The molecule has 22 heavy (non-hydrogen) atoms. The van der Waals surface area contributed by atoms with Crippen LogP contribution in [0, 0.1) is 0 Å². The molecule has 2 aromatic carbocycles. The Bertz CT molecular complexity index is 567. The van der Waals surface area contributed by atoms with Crippen LogP contribution >= 0.6 is 0 Å². The molecular weight excluding hydrogens is 272 g/mol. The number of benzene rings is 2. The number of hydrogen-bond donors (Lipinski definition) is 1. The summed E-state index contributed by atoms with van der Waals surface area (Å²) in [6.07, 6.45) is 5.42. The van der Waals surface area contributed by atoms with Crippen LogP contribution in [0.25, 0.3) is 0 Å². The number of nitrogens with zero attached hydrogens (tertiary/aromatic N) is 1. The lowest BCUT2D eigenvalue weighted by atomic mass is 10.1. The summed E-state index contributed by atoms with van der Waals surface area (Å²) in [5, 5.41) is 4.26. The summed E-state index contributed by atoms with van der Waals surface area (Å²) in [5.41, 5.74) is 6.25. The number of rotatable bonds is 9. The fourth-order valence-electron chi connectivity index (χ4n) is 2.10. The van der Waals surface area contributed by atoms with E-state index < -0.39 is 0 Å². The molecule has 3 heteroatoms. The number of anilines is 1. The zero-order valence-corrected chi connectivity index (χ0v) is 13.2. The summed E-state index contributed by atoms with van der Waals surface area (Å²) < 4.78 is 5.69. The zero-order chi connectivity index (χ0) is 15.5. The van der Waals surface area contributed by atoms with E-state index in [1.54, 1.807) is 0 Å². The molecule has 0 spiro atoms. The topological polar surface area (TPSA) is 33.6 Å². The minimum atomic E-state index is 0.664. The summed E-state index contributed by atoms with van der Waals surface area (Å²) in [4.78, 5) is 0. The Labute approximate surface area is 133 Å². The highest BCUT2D eigenvalue weighted by molar-refractivity contribution is 5.80. The lowest BCUT2D eigenvalue weighted by Crippen LogP contribution is -1.96. The normalized spacial score (nSPS) is 11.0. The molecule has 0 radical (unpaired) electrons. The van der Waals surface area contributed by atoms with Gasteiger partial charge < -0.3 is 4.74 Å². The molecule has 0 heterocycles. The first-order valence-corrected chi connectivity index (χ1v) is 7.89. The van der Waals surface area contributed by atoms with Gasteiger partial charge in [-0.05, 0) is 35.7 Å². The van der Waals surface area contributed by atoms with Crippen LogP contribution in [-0.4, -0.2) is 12.8 Å². The van der Waals surface area contributed by atoms with Crippen molar-refractivity contribution in [1.82, 2.24) is 0 Å². The third kappa shape index (κ3) is 6.10.